The molecule has 0 amide bonds. The van der Waals surface area contributed by atoms with Crippen LogP contribution in [0.15, 0.2) is 42.7 Å². The van der Waals surface area contributed by atoms with Crippen LogP contribution in [0.2, 0.25) is 0 Å². The van der Waals surface area contributed by atoms with Crippen molar-refractivity contribution in [2.75, 3.05) is 0 Å². The number of rotatable bonds is 3. The van der Waals surface area contributed by atoms with E-state index >= 15 is 0 Å². The first-order valence-corrected chi connectivity index (χ1v) is 7.99. The second-order valence-electron chi connectivity index (χ2n) is 6.61. The summed E-state index contributed by atoms with van der Waals surface area (Å²) in [6, 6.07) is 11.4. The first-order chi connectivity index (χ1) is 11.0. The van der Waals surface area contributed by atoms with Crippen molar-refractivity contribution in [3.05, 3.63) is 59.7 Å². The molecule has 1 heterocycles. The van der Waals surface area contributed by atoms with E-state index in [-0.39, 0.29) is 5.82 Å². The molecule has 2 aromatic carbocycles. The van der Waals surface area contributed by atoms with Crippen LogP contribution in [0.25, 0.3) is 22.2 Å². The summed E-state index contributed by atoms with van der Waals surface area (Å²) in [5, 5.41) is 1.11. The van der Waals surface area contributed by atoms with Gasteiger partial charge in [-0.05, 0) is 65.7 Å². The fourth-order valence-corrected chi connectivity index (χ4v) is 3.11. The van der Waals surface area contributed by atoms with Gasteiger partial charge in [-0.3, -0.25) is 0 Å². The third kappa shape index (κ3) is 3.09. The maximum absolute atomic E-state index is 13.5. The molecule has 0 N–H and O–H groups in total. The van der Waals surface area contributed by atoms with Gasteiger partial charge in [0.2, 0.25) is 0 Å². The van der Waals surface area contributed by atoms with Crippen molar-refractivity contribution in [1.82, 2.24) is 4.98 Å². The number of aromatic nitrogens is 2. The number of aryl methyl sites for hydroxylation is 2. The zero-order valence-electron chi connectivity index (χ0n) is 14.1. The van der Waals surface area contributed by atoms with E-state index in [4.69, 9.17) is 0 Å². The highest BCUT2D eigenvalue weighted by atomic mass is 19.1. The van der Waals surface area contributed by atoms with E-state index < -0.39 is 0 Å². The number of nitrogens with zero attached hydrogens (tertiary/aromatic N) is 2. The van der Waals surface area contributed by atoms with Gasteiger partial charge >= 0.3 is 0 Å². The number of hydrogen-bond donors (Lipinski definition) is 0. The highest BCUT2D eigenvalue weighted by Gasteiger charge is 2.17. The number of fused-ring (bicyclic) bond motifs is 1. The standard InChI is InChI=1S/C20H22FN2/c1-13(2)9-15-5-8-19-18(11-15)20(23(4)12-22-19)17-7-6-16(21)10-14(17)3/h5-8,10-13H,9H2,1-4H3/q+1. The van der Waals surface area contributed by atoms with Gasteiger partial charge in [-0.2, -0.15) is 0 Å². The molecule has 3 aromatic rings. The Balaban J connectivity index is 2.27. The van der Waals surface area contributed by atoms with Crippen LogP contribution in [0.5, 0.6) is 0 Å². The lowest BCUT2D eigenvalue weighted by molar-refractivity contribution is -0.662. The monoisotopic (exact) mass is 309 g/mol. The summed E-state index contributed by atoms with van der Waals surface area (Å²) in [6.45, 7) is 6.39. The molecular weight excluding hydrogens is 287 g/mol. The molecule has 0 bridgehead atoms. The summed E-state index contributed by atoms with van der Waals surface area (Å²) in [6.07, 6.45) is 2.86. The topological polar surface area (TPSA) is 16.8 Å². The summed E-state index contributed by atoms with van der Waals surface area (Å²) in [5.41, 5.74) is 5.33. The van der Waals surface area contributed by atoms with E-state index in [2.05, 4.69) is 37.0 Å². The lowest BCUT2D eigenvalue weighted by Crippen LogP contribution is -2.31. The van der Waals surface area contributed by atoms with Gasteiger partial charge in [-0.1, -0.05) is 19.9 Å². The van der Waals surface area contributed by atoms with Crippen LogP contribution >= 0.6 is 0 Å². The highest BCUT2D eigenvalue weighted by Crippen LogP contribution is 2.28. The van der Waals surface area contributed by atoms with Crippen molar-refractivity contribution in [2.45, 2.75) is 27.2 Å². The van der Waals surface area contributed by atoms with Gasteiger partial charge < -0.3 is 0 Å². The largest absolute Gasteiger partial charge is 0.287 e. The first-order valence-electron chi connectivity index (χ1n) is 7.99. The van der Waals surface area contributed by atoms with Crippen LogP contribution in [0.3, 0.4) is 0 Å². The molecule has 0 aliphatic carbocycles. The molecular formula is C20H22FN2+. The van der Waals surface area contributed by atoms with Crippen LogP contribution in [-0.4, -0.2) is 4.98 Å². The summed E-state index contributed by atoms with van der Waals surface area (Å²) in [7, 11) is 1.99. The molecule has 0 atom stereocenters. The van der Waals surface area contributed by atoms with E-state index in [1.807, 2.05) is 30.9 Å². The molecule has 3 rings (SSSR count). The lowest BCUT2D eigenvalue weighted by atomic mass is 9.97. The van der Waals surface area contributed by atoms with E-state index in [9.17, 15) is 4.39 Å². The Labute approximate surface area is 136 Å². The molecule has 0 aliphatic heterocycles. The smallest absolute Gasteiger partial charge is 0.232 e. The molecule has 118 valence electrons. The number of halogens is 1. The average molecular weight is 309 g/mol. The Morgan fingerprint density at radius 1 is 1.13 bits per heavy atom. The molecule has 0 saturated heterocycles. The van der Waals surface area contributed by atoms with Gasteiger partial charge in [0.25, 0.3) is 6.33 Å². The second-order valence-corrected chi connectivity index (χ2v) is 6.61. The Morgan fingerprint density at radius 3 is 2.61 bits per heavy atom. The van der Waals surface area contributed by atoms with E-state index in [1.165, 1.54) is 11.6 Å². The second kappa shape index (κ2) is 6.07. The highest BCUT2D eigenvalue weighted by molar-refractivity contribution is 5.91. The van der Waals surface area contributed by atoms with Crippen LogP contribution in [-0.2, 0) is 13.5 Å². The molecule has 3 heteroatoms. The van der Waals surface area contributed by atoms with Crippen molar-refractivity contribution >= 4 is 10.9 Å². The van der Waals surface area contributed by atoms with E-state index in [1.54, 1.807) is 6.07 Å². The minimum Gasteiger partial charge on any atom is -0.232 e. The zero-order chi connectivity index (χ0) is 16.6. The van der Waals surface area contributed by atoms with Crippen LogP contribution < -0.4 is 4.57 Å². The molecule has 23 heavy (non-hydrogen) atoms. The van der Waals surface area contributed by atoms with Gasteiger partial charge in [-0.15, -0.1) is 0 Å². The predicted molar refractivity (Wildman–Crippen MR) is 91.6 cm³/mol. The molecule has 0 fully saturated rings. The van der Waals surface area contributed by atoms with Gasteiger partial charge in [-0.25, -0.2) is 8.96 Å². The van der Waals surface area contributed by atoms with Gasteiger partial charge in [0.15, 0.2) is 5.52 Å². The van der Waals surface area contributed by atoms with Gasteiger partial charge in [0, 0.05) is 5.56 Å². The number of hydrogen-bond acceptors (Lipinski definition) is 1. The SMILES string of the molecule is Cc1cc(F)ccc1-c1c2cc(CC(C)C)ccc2nc[n+]1C. The minimum atomic E-state index is -0.201. The third-order valence-electron chi connectivity index (χ3n) is 4.13. The van der Waals surface area contributed by atoms with Crippen molar-refractivity contribution in [3.8, 4) is 11.3 Å². The first kappa shape index (κ1) is 15.6. The predicted octanol–water partition coefficient (Wildman–Crippen LogP) is 4.37. The normalized spacial score (nSPS) is 11.4. The quantitative estimate of drug-likeness (QED) is 0.656. The van der Waals surface area contributed by atoms with Crippen LogP contribution in [0.4, 0.5) is 4.39 Å². The summed E-state index contributed by atoms with van der Waals surface area (Å²) in [5.74, 6) is 0.404. The molecule has 0 spiro atoms. The number of benzene rings is 2. The molecule has 0 radical (unpaired) electrons. The lowest BCUT2D eigenvalue weighted by Gasteiger charge is -2.10. The maximum atomic E-state index is 13.5. The Bertz CT molecular complexity index is 869. The van der Waals surface area contributed by atoms with Crippen LogP contribution in [0.1, 0.15) is 25.0 Å². The van der Waals surface area contributed by atoms with Crippen molar-refractivity contribution in [2.24, 2.45) is 13.0 Å². The van der Waals surface area contributed by atoms with Crippen molar-refractivity contribution in [1.29, 1.82) is 0 Å². The zero-order valence-corrected chi connectivity index (χ0v) is 14.1. The van der Waals surface area contributed by atoms with Crippen molar-refractivity contribution in [3.63, 3.8) is 0 Å². The molecule has 2 nitrogen and oxygen atoms in total. The summed E-state index contributed by atoms with van der Waals surface area (Å²) >= 11 is 0. The Hall–Kier alpha value is -2.29. The van der Waals surface area contributed by atoms with Gasteiger partial charge in [0.05, 0.1) is 12.4 Å². The van der Waals surface area contributed by atoms with Gasteiger partial charge in [0.1, 0.15) is 11.5 Å². The Kier molecular flexibility index (Phi) is 4.12. The minimum absolute atomic E-state index is 0.201. The maximum Gasteiger partial charge on any atom is 0.287 e. The molecule has 1 aromatic heterocycles. The summed E-state index contributed by atoms with van der Waals surface area (Å²) in [4.78, 5) is 4.52. The summed E-state index contributed by atoms with van der Waals surface area (Å²) < 4.78 is 15.5. The fourth-order valence-electron chi connectivity index (χ4n) is 3.11. The molecule has 0 saturated carbocycles. The van der Waals surface area contributed by atoms with E-state index in [0.29, 0.717) is 5.92 Å². The molecule has 0 aliphatic rings. The average Bonchev–Trinajstić information content (AvgIpc) is 2.48. The Morgan fingerprint density at radius 2 is 1.91 bits per heavy atom. The fraction of sp³-hybridized carbons (Fsp3) is 0.300. The third-order valence-corrected chi connectivity index (χ3v) is 4.13. The molecule has 0 unspecified atom stereocenters. The van der Waals surface area contributed by atoms with Crippen LogP contribution in [0, 0.1) is 18.7 Å². The van der Waals surface area contributed by atoms with Crippen molar-refractivity contribution < 1.29 is 8.96 Å². The van der Waals surface area contributed by atoms with E-state index in [0.717, 1.165) is 34.1 Å².